The Labute approximate surface area is 144 Å². The molecule has 25 heavy (non-hydrogen) atoms. The van der Waals surface area contributed by atoms with Gasteiger partial charge in [-0.05, 0) is 37.3 Å². The van der Waals surface area contributed by atoms with E-state index in [2.05, 4.69) is 10.3 Å². The average molecular weight is 338 g/mol. The molecular weight excluding hydrogens is 320 g/mol. The van der Waals surface area contributed by atoms with Crippen LogP contribution in [0.2, 0.25) is 0 Å². The van der Waals surface area contributed by atoms with Crippen LogP contribution in [0, 0.1) is 0 Å². The Hall–Kier alpha value is -3.28. The first kappa shape index (κ1) is 16.6. The number of fused-ring (bicyclic) bond motifs is 1. The SMILES string of the molecule is CCOc1ccc(NC(=O)COC(=O)c2c[nH]c3ccccc23)cc1. The van der Waals surface area contributed by atoms with Crippen LogP contribution in [0.4, 0.5) is 5.69 Å². The normalized spacial score (nSPS) is 10.4. The van der Waals surface area contributed by atoms with Gasteiger partial charge in [0, 0.05) is 22.8 Å². The molecule has 3 aromatic rings. The number of aromatic nitrogens is 1. The number of rotatable bonds is 6. The number of para-hydroxylation sites is 1. The maximum atomic E-state index is 12.2. The van der Waals surface area contributed by atoms with Crippen LogP contribution in [0.1, 0.15) is 17.3 Å². The molecular formula is C19H18N2O4. The van der Waals surface area contributed by atoms with Gasteiger partial charge in [-0.25, -0.2) is 4.79 Å². The quantitative estimate of drug-likeness (QED) is 0.675. The third kappa shape index (κ3) is 3.98. The van der Waals surface area contributed by atoms with Crippen molar-refractivity contribution < 1.29 is 19.1 Å². The Kier molecular flexibility index (Phi) is 4.99. The number of anilines is 1. The fourth-order valence-corrected chi connectivity index (χ4v) is 2.45. The molecule has 0 spiro atoms. The Morgan fingerprint density at radius 2 is 1.84 bits per heavy atom. The van der Waals surface area contributed by atoms with Crippen molar-refractivity contribution in [3.8, 4) is 5.75 Å². The number of hydrogen-bond acceptors (Lipinski definition) is 4. The van der Waals surface area contributed by atoms with Crippen molar-refractivity contribution >= 4 is 28.5 Å². The summed E-state index contributed by atoms with van der Waals surface area (Å²) in [5.41, 5.74) is 1.86. The van der Waals surface area contributed by atoms with Gasteiger partial charge in [0.1, 0.15) is 5.75 Å². The van der Waals surface area contributed by atoms with Crippen molar-refractivity contribution in [2.75, 3.05) is 18.5 Å². The number of carbonyl (C=O) groups is 2. The van der Waals surface area contributed by atoms with Gasteiger partial charge in [-0.3, -0.25) is 4.79 Å². The molecule has 2 aromatic carbocycles. The summed E-state index contributed by atoms with van der Waals surface area (Å²) < 4.78 is 10.4. The first-order chi connectivity index (χ1) is 12.2. The van der Waals surface area contributed by atoms with Crippen molar-refractivity contribution in [3.05, 3.63) is 60.3 Å². The lowest BCUT2D eigenvalue weighted by Gasteiger charge is -2.07. The molecule has 0 aliphatic carbocycles. The van der Waals surface area contributed by atoms with E-state index in [4.69, 9.17) is 9.47 Å². The highest BCUT2D eigenvalue weighted by Gasteiger charge is 2.14. The zero-order valence-electron chi connectivity index (χ0n) is 13.7. The number of benzene rings is 2. The van der Waals surface area contributed by atoms with Crippen molar-refractivity contribution in [2.45, 2.75) is 6.92 Å². The molecule has 6 heteroatoms. The summed E-state index contributed by atoms with van der Waals surface area (Å²) in [7, 11) is 0. The molecule has 6 nitrogen and oxygen atoms in total. The molecule has 0 radical (unpaired) electrons. The van der Waals surface area contributed by atoms with Gasteiger partial charge in [0.25, 0.3) is 5.91 Å². The summed E-state index contributed by atoms with van der Waals surface area (Å²) in [5, 5.41) is 3.43. The van der Waals surface area contributed by atoms with E-state index in [1.807, 2.05) is 31.2 Å². The molecule has 0 saturated heterocycles. The topological polar surface area (TPSA) is 80.4 Å². The molecule has 1 amide bonds. The Morgan fingerprint density at radius 1 is 1.08 bits per heavy atom. The third-order valence-electron chi connectivity index (χ3n) is 3.59. The lowest BCUT2D eigenvalue weighted by Crippen LogP contribution is -2.20. The smallest absolute Gasteiger partial charge is 0.340 e. The Bertz CT molecular complexity index is 884. The predicted molar refractivity (Wildman–Crippen MR) is 94.8 cm³/mol. The van der Waals surface area contributed by atoms with Gasteiger partial charge in [-0.1, -0.05) is 18.2 Å². The molecule has 0 atom stereocenters. The molecule has 0 bridgehead atoms. The summed E-state index contributed by atoms with van der Waals surface area (Å²) >= 11 is 0. The lowest BCUT2D eigenvalue weighted by molar-refractivity contribution is -0.119. The van der Waals surface area contributed by atoms with E-state index >= 15 is 0 Å². The minimum absolute atomic E-state index is 0.356. The van der Waals surface area contributed by atoms with E-state index in [1.165, 1.54) is 0 Å². The van der Waals surface area contributed by atoms with E-state index in [0.29, 0.717) is 17.9 Å². The monoisotopic (exact) mass is 338 g/mol. The molecule has 128 valence electrons. The maximum absolute atomic E-state index is 12.2. The number of carbonyl (C=O) groups excluding carboxylic acids is 2. The number of aromatic amines is 1. The second-order valence-electron chi connectivity index (χ2n) is 5.33. The van der Waals surface area contributed by atoms with Crippen molar-refractivity contribution in [1.29, 1.82) is 0 Å². The van der Waals surface area contributed by atoms with Crippen molar-refractivity contribution in [3.63, 3.8) is 0 Å². The second kappa shape index (κ2) is 7.53. The zero-order valence-corrected chi connectivity index (χ0v) is 13.7. The van der Waals surface area contributed by atoms with Crippen LogP contribution in [0.5, 0.6) is 5.75 Å². The molecule has 0 saturated carbocycles. The first-order valence-corrected chi connectivity index (χ1v) is 7.93. The second-order valence-corrected chi connectivity index (χ2v) is 5.33. The number of nitrogens with one attached hydrogen (secondary N) is 2. The fraction of sp³-hybridized carbons (Fsp3) is 0.158. The van der Waals surface area contributed by atoms with Crippen molar-refractivity contribution in [1.82, 2.24) is 4.98 Å². The largest absolute Gasteiger partial charge is 0.494 e. The number of esters is 1. The third-order valence-corrected chi connectivity index (χ3v) is 3.59. The van der Waals surface area contributed by atoms with E-state index < -0.39 is 11.9 Å². The van der Waals surface area contributed by atoms with Crippen LogP contribution in [0.15, 0.2) is 54.7 Å². The van der Waals surface area contributed by atoms with Crippen molar-refractivity contribution in [2.24, 2.45) is 0 Å². The van der Waals surface area contributed by atoms with Crippen LogP contribution >= 0.6 is 0 Å². The molecule has 1 heterocycles. The van der Waals surface area contributed by atoms with E-state index in [9.17, 15) is 9.59 Å². The molecule has 0 aliphatic heterocycles. The van der Waals surface area contributed by atoms with E-state index in [-0.39, 0.29) is 6.61 Å². The van der Waals surface area contributed by atoms with Gasteiger partial charge in [-0.15, -0.1) is 0 Å². The minimum atomic E-state index is -0.542. The highest BCUT2D eigenvalue weighted by molar-refractivity contribution is 6.05. The predicted octanol–water partition coefficient (Wildman–Crippen LogP) is 3.36. The van der Waals surface area contributed by atoms with Gasteiger partial charge in [0.15, 0.2) is 6.61 Å². The highest BCUT2D eigenvalue weighted by atomic mass is 16.5. The summed E-state index contributed by atoms with van der Waals surface area (Å²) in [6.45, 7) is 2.12. The maximum Gasteiger partial charge on any atom is 0.340 e. The van der Waals surface area contributed by atoms with Crippen LogP contribution in [0.3, 0.4) is 0 Å². The fourth-order valence-electron chi connectivity index (χ4n) is 2.45. The highest BCUT2D eigenvalue weighted by Crippen LogP contribution is 2.19. The summed E-state index contributed by atoms with van der Waals surface area (Å²) in [6.07, 6.45) is 1.58. The minimum Gasteiger partial charge on any atom is -0.494 e. The molecule has 0 aliphatic rings. The van der Waals surface area contributed by atoms with Gasteiger partial charge in [0.05, 0.1) is 12.2 Å². The number of amides is 1. The number of hydrogen-bond donors (Lipinski definition) is 2. The lowest BCUT2D eigenvalue weighted by atomic mass is 10.2. The number of ether oxygens (including phenoxy) is 2. The molecule has 2 N–H and O–H groups in total. The summed E-state index contributed by atoms with van der Waals surface area (Å²) in [6, 6.07) is 14.4. The standard InChI is InChI=1S/C19H18N2O4/c1-2-24-14-9-7-13(8-10-14)21-18(22)12-25-19(23)16-11-20-17-6-4-3-5-15(16)17/h3-11,20H,2,12H2,1H3,(H,21,22). The van der Waals surface area contributed by atoms with Crippen LogP contribution < -0.4 is 10.1 Å². The summed E-state index contributed by atoms with van der Waals surface area (Å²) in [5.74, 6) is -0.220. The van der Waals surface area contributed by atoms with Gasteiger partial charge >= 0.3 is 5.97 Å². The van der Waals surface area contributed by atoms with Gasteiger partial charge < -0.3 is 19.8 Å². The van der Waals surface area contributed by atoms with Gasteiger partial charge in [-0.2, -0.15) is 0 Å². The first-order valence-electron chi connectivity index (χ1n) is 7.93. The van der Waals surface area contributed by atoms with E-state index in [1.54, 1.807) is 30.5 Å². The summed E-state index contributed by atoms with van der Waals surface area (Å²) in [4.78, 5) is 27.1. The molecule has 0 fully saturated rings. The van der Waals surface area contributed by atoms with Gasteiger partial charge in [0.2, 0.25) is 0 Å². The van der Waals surface area contributed by atoms with Crippen LogP contribution in [0.25, 0.3) is 10.9 Å². The average Bonchev–Trinajstić information content (AvgIpc) is 3.06. The molecule has 3 rings (SSSR count). The molecule has 1 aromatic heterocycles. The molecule has 0 unspecified atom stereocenters. The zero-order chi connectivity index (χ0) is 17.6. The van der Waals surface area contributed by atoms with E-state index in [0.717, 1.165) is 16.7 Å². The van der Waals surface area contributed by atoms with Crippen LogP contribution in [-0.4, -0.2) is 30.1 Å². The van der Waals surface area contributed by atoms with Crippen LogP contribution in [-0.2, 0) is 9.53 Å². The Balaban J connectivity index is 1.55. The Morgan fingerprint density at radius 3 is 2.60 bits per heavy atom. The number of H-pyrrole nitrogens is 1.